The molecule has 0 heterocycles. The van der Waals surface area contributed by atoms with E-state index >= 15 is 0 Å². The summed E-state index contributed by atoms with van der Waals surface area (Å²) in [7, 11) is -4.23. The van der Waals surface area contributed by atoms with Gasteiger partial charge in [0, 0.05) is 29.5 Å². The first kappa shape index (κ1) is 22.2. The van der Waals surface area contributed by atoms with Gasteiger partial charge in [-0.15, -0.1) is 0 Å². The molecule has 0 aromatic heterocycles. The first-order valence-corrected chi connectivity index (χ1v) is 9.97. The van der Waals surface area contributed by atoms with Crippen LogP contribution in [0.15, 0.2) is 16.8 Å². The second-order valence-corrected chi connectivity index (χ2v) is 8.99. The second kappa shape index (κ2) is 9.49. The molecule has 1 unspecified atom stereocenters. The quantitative estimate of drug-likeness (QED) is 0.130. The van der Waals surface area contributed by atoms with E-state index in [1.165, 1.54) is 0 Å². The monoisotopic (exact) mass is 646 g/mol. The van der Waals surface area contributed by atoms with Crippen molar-refractivity contribution in [1.29, 1.82) is 0 Å². The summed E-state index contributed by atoms with van der Waals surface area (Å²) in [6.45, 7) is 0.0567. The van der Waals surface area contributed by atoms with Crippen LogP contribution in [0.4, 0.5) is 0 Å². The Morgan fingerprint density at radius 3 is 2.45 bits per heavy atom. The maximum Gasteiger partial charge on any atom is 1.00 e. The third kappa shape index (κ3) is 7.19. The SMILES string of the molecule is O=CC1(OCCCS(=O)(=O)[O-])C=C(I)C(I)=C(I)C1.[Na+]. The molecule has 0 bridgehead atoms. The Hall–Kier alpha value is 2.21. The van der Waals surface area contributed by atoms with Crippen molar-refractivity contribution in [3.05, 3.63) is 16.8 Å². The number of rotatable bonds is 6. The van der Waals surface area contributed by atoms with Gasteiger partial charge in [-0.25, -0.2) is 8.42 Å². The number of hydrogen-bond acceptors (Lipinski definition) is 5. The van der Waals surface area contributed by atoms with Crippen LogP contribution in [0.25, 0.3) is 0 Å². The van der Waals surface area contributed by atoms with Crippen molar-refractivity contribution in [2.45, 2.75) is 18.4 Å². The zero-order valence-corrected chi connectivity index (χ0v) is 19.9. The predicted molar refractivity (Wildman–Crippen MR) is 95.7 cm³/mol. The van der Waals surface area contributed by atoms with E-state index in [-0.39, 0.29) is 42.6 Å². The van der Waals surface area contributed by atoms with E-state index in [4.69, 9.17) is 4.74 Å². The number of carbonyl (C=O) groups excluding carboxylic acids is 1. The minimum Gasteiger partial charge on any atom is -0.748 e. The molecular formula is C10H10I3NaO5S. The van der Waals surface area contributed by atoms with Gasteiger partial charge in [-0.3, -0.25) is 4.79 Å². The summed E-state index contributed by atoms with van der Waals surface area (Å²) in [5, 5.41) is 0. The van der Waals surface area contributed by atoms with Crippen molar-refractivity contribution < 1.29 is 52.1 Å². The van der Waals surface area contributed by atoms with E-state index in [2.05, 4.69) is 67.8 Å². The van der Waals surface area contributed by atoms with Gasteiger partial charge in [0.1, 0.15) is 5.60 Å². The van der Waals surface area contributed by atoms with E-state index in [1.54, 1.807) is 6.08 Å². The van der Waals surface area contributed by atoms with Crippen LogP contribution in [0.1, 0.15) is 12.8 Å². The molecule has 0 aliphatic heterocycles. The molecule has 10 heteroatoms. The Bertz CT molecular complexity index is 531. The van der Waals surface area contributed by atoms with Crippen molar-refractivity contribution in [2.75, 3.05) is 12.4 Å². The molecule has 0 saturated carbocycles. The molecule has 20 heavy (non-hydrogen) atoms. The van der Waals surface area contributed by atoms with Crippen LogP contribution >= 0.6 is 67.8 Å². The molecule has 1 atom stereocenters. The molecule has 0 radical (unpaired) electrons. The summed E-state index contributed by atoms with van der Waals surface area (Å²) in [6.07, 6.45) is 2.98. The molecule has 0 N–H and O–H groups in total. The second-order valence-electron chi connectivity index (χ2n) is 3.92. The average Bonchev–Trinajstić information content (AvgIpc) is 2.30. The minimum atomic E-state index is -4.23. The molecule has 0 fully saturated rings. The maximum atomic E-state index is 11.3. The summed E-state index contributed by atoms with van der Waals surface area (Å²) >= 11 is 6.49. The molecule has 1 rings (SSSR count). The van der Waals surface area contributed by atoms with Gasteiger partial charge in [0.05, 0.1) is 10.1 Å². The molecule has 108 valence electrons. The van der Waals surface area contributed by atoms with Crippen molar-refractivity contribution in [3.8, 4) is 0 Å². The number of aldehydes is 1. The molecular weight excluding hydrogens is 636 g/mol. The van der Waals surface area contributed by atoms with Gasteiger partial charge < -0.3 is 9.29 Å². The summed E-state index contributed by atoms with van der Waals surface area (Å²) in [5.74, 6) is -0.479. The van der Waals surface area contributed by atoms with Crippen LogP contribution in [-0.4, -0.2) is 37.2 Å². The predicted octanol–water partition coefficient (Wildman–Crippen LogP) is -0.316. The fourth-order valence-electron chi connectivity index (χ4n) is 1.48. The van der Waals surface area contributed by atoms with E-state index in [0.717, 1.165) is 17.0 Å². The molecule has 5 nitrogen and oxygen atoms in total. The van der Waals surface area contributed by atoms with Crippen LogP contribution in [0.5, 0.6) is 0 Å². The number of hydrogen-bond donors (Lipinski definition) is 0. The maximum absolute atomic E-state index is 11.3. The van der Waals surface area contributed by atoms with Crippen molar-refractivity contribution in [2.24, 2.45) is 0 Å². The largest absolute Gasteiger partial charge is 1.00 e. The van der Waals surface area contributed by atoms with E-state index in [9.17, 15) is 17.8 Å². The summed E-state index contributed by atoms with van der Waals surface area (Å²) in [5.41, 5.74) is -1.05. The standard InChI is InChI=1S/C10H11I3O5S.Na/c11-7-4-10(6-14,5-8(12)9(7)13)18-2-1-3-19(15,16)17;/h4,6H,1-3,5H2,(H,15,16,17);/q;+1/p-1. The molecule has 0 aromatic carbocycles. The van der Waals surface area contributed by atoms with Gasteiger partial charge in [0.15, 0.2) is 6.29 Å². The molecule has 1 aliphatic rings. The zero-order chi connectivity index (χ0) is 14.7. The summed E-state index contributed by atoms with van der Waals surface area (Å²) in [4.78, 5) is 11.3. The van der Waals surface area contributed by atoms with Gasteiger partial charge in [0.25, 0.3) is 0 Å². The Balaban J connectivity index is 0.00000361. The van der Waals surface area contributed by atoms with Crippen LogP contribution < -0.4 is 29.6 Å². The fraction of sp³-hybridized carbons (Fsp3) is 0.500. The number of ether oxygens (including phenoxy) is 1. The minimum absolute atomic E-state index is 0. The number of carbonyl (C=O) groups is 1. The van der Waals surface area contributed by atoms with Gasteiger partial charge in [-0.1, -0.05) is 0 Å². The Morgan fingerprint density at radius 1 is 1.40 bits per heavy atom. The molecule has 0 aromatic rings. The third-order valence-corrected chi connectivity index (χ3v) is 8.22. The van der Waals surface area contributed by atoms with Crippen molar-refractivity contribution in [1.82, 2.24) is 0 Å². The molecule has 0 spiro atoms. The number of halogens is 3. The van der Waals surface area contributed by atoms with Crippen molar-refractivity contribution in [3.63, 3.8) is 0 Å². The summed E-state index contributed by atoms with van der Waals surface area (Å²) in [6, 6.07) is 0. The molecule has 0 saturated heterocycles. The van der Waals surface area contributed by atoms with Crippen LogP contribution in [0, 0.1) is 0 Å². The Morgan fingerprint density at radius 2 is 2.00 bits per heavy atom. The third-order valence-electron chi connectivity index (χ3n) is 2.36. The van der Waals surface area contributed by atoms with Crippen molar-refractivity contribution >= 4 is 84.2 Å². The number of allylic oxidation sites excluding steroid dienone is 2. The zero-order valence-electron chi connectivity index (χ0n) is 10.6. The van der Waals surface area contributed by atoms with Crippen LogP contribution in [0.3, 0.4) is 0 Å². The van der Waals surface area contributed by atoms with Crippen LogP contribution in [-0.2, 0) is 19.6 Å². The Kier molecular flexibility index (Phi) is 10.5. The van der Waals surface area contributed by atoms with E-state index < -0.39 is 21.5 Å². The van der Waals surface area contributed by atoms with Gasteiger partial charge in [-0.2, -0.15) is 0 Å². The topological polar surface area (TPSA) is 83.5 Å². The van der Waals surface area contributed by atoms with Crippen LogP contribution in [0.2, 0.25) is 0 Å². The molecule has 1 aliphatic carbocycles. The normalized spacial score (nSPS) is 23.1. The first-order valence-electron chi connectivity index (χ1n) is 5.16. The van der Waals surface area contributed by atoms with Gasteiger partial charge in [-0.05, 0) is 80.3 Å². The average molecular weight is 646 g/mol. The Labute approximate surface area is 181 Å². The van der Waals surface area contributed by atoms with Gasteiger partial charge in [0.2, 0.25) is 0 Å². The first-order chi connectivity index (χ1) is 8.69. The summed E-state index contributed by atoms with van der Waals surface area (Å²) < 4.78 is 40.0. The van der Waals surface area contributed by atoms with Gasteiger partial charge >= 0.3 is 29.6 Å². The van der Waals surface area contributed by atoms with E-state index in [1.807, 2.05) is 0 Å². The fourth-order valence-corrected chi connectivity index (χ4v) is 4.55. The smallest absolute Gasteiger partial charge is 0.748 e. The van der Waals surface area contributed by atoms with E-state index in [0.29, 0.717) is 6.42 Å². The molecule has 0 amide bonds.